The van der Waals surface area contributed by atoms with E-state index in [1.807, 2.05) is 42.7 Å². The summed E-state index contributed by atoms with van der Waals surface area (Å²) in [6.07, 6.45) is 1.97. The number of anilines is 1. The second-order valence-electron chi connectivity index (χ2n) is 7.13. The third kappa shape index (κ3) is 6.60. The highest BCUT2D eigenvalue weighted by molar-refractivity contribution is 14.1. The van der Waals surface area contributed by atoms with Crippen LogP contribution in [0.4, 0.5) is 5.69 Å². The number of amides is 2. The van der Waals surface area contributed by atoms with E-state index in [2.05, 4.69) is 10.6 Å². The SMILES string of the molecule is CSCC(C)(C)NC(=O)c1c(I)cccc1C(=O)Nc1ccc(C(=O)C(Cl)Cl)cc1. The minimum Gasteiger partial charge on any atom is -0.346 e. The molecular formula is C21H21Cl2IN2O3S. The highest BCUT2D eigenvalue weighted by Gasteiger charge is 2.26. The Balaban J connectivity index is 2.25. The molecule has 160 valence electrons. The van der Waals surface area contributed by atoms with Crippen molar-refractivity contribution in [2.24, 2.45) is 0 Å². The summed E-state index contributed by atoms with van der Waals surface area (Å²) in [4.78, 5) is 36.5. The average molecular weight is 579 g/mol. The summed E-state index contributed by atoms with van der Waals surface area (Å²) in [6, 6.07) is 11.3. The van der Waals surface area contributed by atoms with Gasteiger partial charge in [0.2, 0.25) is 0 Å². The molecule has 9 heteroatoms. The van der Waals surface area contributed by atoms with Crippen LogP contribution in [-0.4, -0.2) is 40.0 Å². The van der Waals surface area contributed by atoms with Crippen LogP contribution >= 0.6 is 57.6 Å². The monoisotopic (exact) mass is 578 g/mol. The normalized spacial score (nSPS) is 11.3. The summed E-state index contributed by atoms with van der Waals surface area (Å²) in [5, 5.41) is 5.76. The second-order valence-corrected chi connectivity index (χ2v) is 10.3. The van der Waals surface area contributed by atoms with E-state index >= 15 is 0 Å². The quantitative estimate of drug-likeness (QED) is 0.250. The third-order valence-electron chi connectivity index (χ3n) is 4.07. The summed E-state index contributed by atoms with van der Waals surface area (Å²) in [5.41, 5.74) is 0.983. The van der Waals surface area contributed by atoms with E-state index in [9.17, 15) is 14.4 Å². The first-order valence-electron chi connectivity index (χ1n) is 8.89. The number of thioether (sulfide) groups is 1. The maximum atomic E-state index is 12.9. The molecule has 0 atom stereocenters. The number of benzene rings is 2. The maximum Gasteiger partial charge on any atom is 0.256 e. The Labute approximate surface area is 203 Å². The first-order valence-corrected chi connectivity index (χ1v) is 12.2. The Morgan fingerprint density at radius 1 is 1.07 bits per heavy atom. The highest BCUT2D eigenvalue weighted by atomic mass is 127. The Kier molecular flexibility index (Phi) is 9.02. The largest absolute Gasteiger partial charge is 0.346 e. The Hall–Kier alpha value is -1.29. The highest BCUT2D eigenvalue weighted by Crippen LogP contribution is 2.21. The molecule has 2 rings (SSSR count). The molecule has 2 N–H and O–H groups in total. The zero-order valence-corrected chi connectivity index (χ0v) is 21.1. The molecule has 0 unspecified atom stereocenters. The number of carbonyl (C=O) groups is 3. The molecule has 0 aliphatic heterocycles. The number of rotatable bonds is 8. The summed E-state index contributed by atoms with van der Waals surface area (Å²) < 4.78 is 0.675. The number of alkyl halides is 2. The van der Waals surface area contributed by atoms with Crippen molar-refractivity contribution in [3.05, 3.63) is 62.7 Å². The zero-order valence-electron chi connectivity index (χ0n) is 16.6. The van der Waals surface area contributed by atoms with E-state index in [-0.39, 0.29) is 11.5 Å². The second kappa shape index (κ2) is 10.8. The molecule has 0 heterocycles. The summed E-state index contributed by atoms with van der Waals surface area (Å²) in [7, 11) is 0. The van der Waals surface area contributed by atoms with Gasteiger partial charge in [0.1, 0.15) is 0 Å². The molecule has 5 nitrogen and oxygen atoms in total. The van der Waals surface area contributed by atoms with Gasteiger partial charge in [0.15, 0.2) is 10.6 Å². The fraction of sp³-hybridized carbons (Fsp3) is 0.286. The molecule has 0 aromatic heterocycles. The van der Waals surface area contributed by atoms with E-state index in [0.29, 0.717) is 20.4 Å². The molecular weight excluding hydrogens is 558 g/mol. The molecule has 0 saturated heterocycles. The summed E-state index contributed by atoms with van der Waals surface area (Å²) >= 11 is 14.9. The Morgan fingerprint density at radius 3 is 2.27 bits per heavy atom. The van der Waals surface area contributed by atoms with Gasteiger partial charge in [-0.25, -0.2) is 0 Å². The van der Waals surface area contributed by atoms with Crippen molar-refractivity contribution in [3.63, 3.8) is 0 Å². The predicted molar refractivity (Wildman–Crippen MR) is 133 cm³/mol. The molecule has 0 radical (unpaired) electrons. The van der Waals surface area contributed by atoms with E-state index in [1.54, 1.807) is 42.1 Å². The van der Waals surface area contributed by atoms with Crippen molar-refractivity contribution in [1.29, 1.82) is 0 Å². The van der Waals surface area contributed by atoms with Crippen LogP contribution < -0.4 is 10.6 Å². The van der Waals surface area contributed by atoms with Gasteiger partial charge in [-0.1, -0.05) is 29.3 Å². The number of nitrogens with one attached hydrogen (secondary N) is 2. The number of Topliss-reactive ketones (excluding diaryl/α,β-unsaturated/α-hetero) is 1. The first kappa shape index (κ1) is 25.0. The van der Waals surface area contributed by atoms with E-state index in [0.717, 1.165) is 5.75 Å². The summed E-state index contributed by atoms with van der Waals surface area (Å²) in [6.45, 7) is 3.87. The van der Waals surface area contributed by atoms with Crippen LogP contribution in [0, 0.1) is 3.57 Å². The number of halogens is 3. The summed E-state index contributed by atoms with van der Waals surface area (Å²) in [5.74, 6) is -0.408. The fourth-order valence-electron chi connectivity index (χ4n) is 2.75. The van der Waals surface area contributed by atoms with Crippen LogP contribution in [0.2, 0.25) is 0 Å². The molecule has 0 aliphatic rings. The van der Waals surface area contributed by atoms with Gasteiger partial charge in [-0.05, 0) is 79.1 Å². The maximum absolute atomic E-state index is 12.9. The lowest BCUT2D eigenvalue weighted by Gasteiger charge is -2.26. The van der Waals surface area contributed by atoms with Gasteiger partial charge >= 0.3 is 0 Å². The van der Waals surface area contributed by atoms with Crippen LogP contribution in [0.5, 0.6) is 0 Å². The Bertz CT molecular complexity index is 950. The molecule has 0 saturated carbocycles. The lowest BCUT2D eigenvalue weighted by Crippen LogP contribution is -2.46. The first-order chi connectivity index (χ1) is 14.1. The van der Waals surface area contributed by atoms with E-state index < -0.39 is 22.1 Å². The molecule has 30 heavy (non-hydrogen) atoms. The molecule has 2 aromatic carbocycles. The van der Waals surface area contributed by atoms with Crippen molar-refractivity contribution >= 4 is 80.8 Å². The van der Waals surface area contributed by atoms with Gasteiger partial charge in [-0.3, -0.25) is 14.4 Å². The van der Waals surface area contributed by atoms with Crippen LogP contribution in [0.3, 0.4) is 0 Å². The molecule has 0 bridgehead atoms. The number of hydrogen-bond acceptors (Lipinski definition) is 4. The van der Waals surface area contributed by atoms with Gasteiger partial charge in [-0.2, -0.15) is 11.8 Å². The van der Waals surface area contributed by atoms with Gasteiger partial charge in [0.25, 0.3) is 11.8 Å². The van der Waals surface area contributed by atoms with Crippen LogP contribution in [0.15, 0.2) is 42.5 Å². The van der Waals surface area contributed by atoms with Crippen molar-refractivity contribution in [2.75, 3.05) is 17.3 Å². The number of hydrogen-bond donors (Lipinski definition) is 2. The molecule has 2 amide bonds. The zero-order chi connectivity index (χ0) is 22.5. The smallest absolute Gasteiger partial charge is 0.256 e. The van der Waals surface area contributed by atoms with Crippen molar-refractivity contribution in [2.45, 2.75) is 24.2 Å². The van der Waals surface area contributed by atoms with Crippen molar-refractivity contribution in [3.8, 4) is 0 Å². The third-order valence-corrected chi connectivity index (χ3v) is 6.37. The standard InChI is InChI=1S/C21H21Cl2IN2O3S/c1-21(2,11-30-3)26-20(29)16-14(5-4-6-15(16)24)19(28)25-13-9-7-12(8-10-13)17(27)18(22)23/h4-10,18H,11H2,1-3H3,(H,25,28)(H,26,29). The van der Waals surface area contributed by atoms with Gasteiger partial charge in [-0.15, -0.1) is 0 Å². The van der Waals surface area contributed by atoms with Crippen molar-refractivity contribution < 1.29 is 14.4 Å². The topological polar surface area (TPSA) is 75.3 Å². The molecule has 0 aliphatic carbocycles. The Morgan fingerprint density at radius 2 is 1.70 bits per heavy atom. The minimum atomic E-state index is -1.15. The van der Waals surface area contributed by atoms with Crippen molar-refractivity contribution in [1.82, 2.24) is 5.32 Å². The lowest BCUT2D eigenvalue weighted by molar-refractivity contribution is 0.0909. The van der Waals surface area contributed by atoms with E-state index in [1.165, 1.54) is 12.1 Å². The fourth-order valence-corrected chi connectivity index (χ4v) is 4.54. The van der Waals surface area contributed by atoms with Crippen LogP contribution in [0.25, 0.3) is 0 Å². The number of ketones is 1. The van der Waals surface area contributed by atoms with Gasteiger partial charge in [0.05, 0.1) is 11.1 Å². The lowest BCUT2D eigenvalue weighted by atomic mass is 10.0. The van der Waals surface area contributed by atoms with Crippen LogP contribution in [0.1, 0.15) is 44.9 Å². The van der Waals surface area contributed by atoms with E-state index in [4.69, 9.17) is 23.2 Å². The average Bonchev–Trinajstić information content (AvgIpc) is 2.67. The minimum absolute atomic E-state index is 0.265. The molecule has 0 fully saturated rings. The van der Waals surface area contributed by atoms with Gasteiger partial charge in [0, 0.05) is 26.1 Å². The van der Waals surface area contributed by atoms with Crippen LogP contribution in [-0.2, 0) is 0 Å². The molecule has 2 aromatic rings. The van der Waals surface area contributed by atoms with Gasteiger partial charge < -0.3 is 10.6 Å². The number of carbonyl (C=O) groups excluding carboxylic acids is 3. The predicted octanol–water partition coefficient (Wildman–Crippen LogP) is 5.40. The molecule has 0 spiro atoms.